The summed E-state index contributed by atoms with van der Waals surface area (Å²) in [6, 6.07) is 7.37. The summed E-state index contributed by atoms with van der Waals surface area (Å²) in [4.78, 5) is 0.609. The van der Waals surface area contributed by atoms with Crippen molar-refractivity contribution < 1.29 is 17.8 Å². The number of hydrogen-bond donors (Lipinski definition) is 0. The van der Waals surface area contributed by atoms with Gasteiger partial charge in [-0.1, -0.05) is 43.5 Å². The molecule has 0 aliphatic heterocycles. The van der Waals surface area contributed by atoms with Crippen molar-refractivity contribution in [2.45, 2.75) is 51.9 Å². The number of aryl methyl sites for hydroxylation is 1. The van der Waals surface area contributed by atoms with E-state index in [-0.39, 0.29) is 17.9 Å². The SMILES string of the molecule is CCCC/C=C(/S(=O)c1ccc(C)cc1)P(=O)(OCC)OCC. The number of benzene rings is 1. The lowest BCUT2D eigenvalue weighted by molar-refractivity contribution is 0.228. The first-order chi connectivity index (χ1) is 11.0. The molecule has 0 spiro atoms. The molecule has 0 bridgehead atoms. The largest absolute Gasteiger partial charge is 0.370 e. The summed E-state index contributed by atoms with van der Waals surface area (Å²) in [5.41, 5.74) is 1.08. The van der Waals surface area contributed by atoms with Crippen LogP contribution in [-0.2, 0) is 24.4 Å². The number of unbranched alkanes of at least 4 members (excludes halogenated alkanes) is 2. The minimum Gasteiger partial charge on any atom is -0.305 e. The molecule has 1 aromatic carbocycles. The molecule has 0 heterocycles. The maximum absolute atomic E-state index is 13.1. The van der Waals surface area contributed by atoms with Gasteiger partial charge in [0.2, 0.25) is 0 Å². The molecule has 23 heavy (non-hydrogen) atoms. The minimum absolute atomic E-state index is 0.244. The van der Waals surface area contributed by atoms with Crippen molar-refractivity contribution in [2.75, 3.05) is 13.2 Å². The Kier molecular flexibility index (Phi) is 9.00. The molecule has 0 aromatic heterocycles. The van der Waals surface area contributed by atoms with Gasteiger partial charge in [0.1, 0.15) is 4.65 Å². The number of rotatable bonds is 10. The van der Waals surface area contributed by atoms with E-state index in [0.29, 0.717) is 11.3 Å². The van der Waals surface area contributed by atoms with Crippen LogP contribution in [0.3, 0.4) is 0 Å². The predicted octanol–water partition coefficient (Wildman–Crippen LogP) is 5.40. The first kappa shape index (κ1) is 20.3. The minimum atomic E-state index is -3.54. The second kappa shape index (κ2) is 10.2. The molecule has 0 amide bonds. The van der Waals surface area contributed by atoms with Gasteiger partial charge >= 0.3 is 7.60 Å². The smallest absolute Gasteiger partial charge is 0.305 e. The highest BCUT2D eigenvalue weighted by Crippen LogP contribution is 2.58. The van der Waals surface area contributed by atoms with E-state index in [1.807, 2.05) is 19.1 Å². The Hall–Kier alpha value is -0.740. The van der Waals surface area contributed by atoms with E-state index >= 15 is 0 Å². The van der Waals surface area contributed by atoms with Crippen molar-refractivity contribution >= 4 is 18.4 Å². The van der Waals surface area contributed by atoms with Crippen LogP contribution in [0.5, 0.6) is 0 Å². The van der Waals surface area contributed by atoms with Gasteiger partial charge in [0.15, 0.2) is 0 Å². The summed E-state index contributed by atoms with van der Waals surface area (Å²) in [5, 5.41) is 0. The van der Waals surface area contributed by atoms with Crippen LogP contribution in [0, 0.1) is 6.92 Å². The van der Waals surface area contributed by atoms with Gasteiger partial charge < -0.3 is 9.05 Å². The van der Waals surface area contributed by atoms with Crippen LogP contribution in [0.15, 0.2) is 39.9 Å². The van der Waals surface area contributed by atoms with Crippen molar-refractivity contribution in [1.82, 2.24) is 0 Å². The molecule has 1 atom stereocenters. The fourth-order valence-electron chi connectivity index (χ4n) is 2.01. The summed E-state index contributed by atoms with van der Waals surface area (Å²) in [6.07, 6.45) is 4.42. The van der Waals surface area contributed by atoms with E-state index in [0.717, 1.165) is 18.4 Å². The highest BCUT2D eigenvalue weighted by atomic mass is 32.2. The Balaban J connectivity index is 3.22. The van der Waals surface area contributed by atoms with Gasteiger partial charge in [-0.2, -0.15) is 0 Å². The number of allylic oxidation sites excluding steroid dienone is 1. The van der Waals surface area contributed by atoms with Gasteiger partial charge in [-0.05, 0) is 39.3 Å². The first-order valence-electron chi connectivity index (χ1n) is 8.06. The highest BCUT2D eigenvalue weighted by Gasteiger charge is 2.34. The molecule has 1 rings (SSSR count). The van der Waals surface area contributed by atoms with Crippen molar-refractivity contribution in [3.05, 3.63) is 40.6 Å². The molecule has 130 valence electrons. The fraction of sp³-hybridized carbons (Fsp3) is 0.529. The third-order valence-corrected chi connectivity index (χ3v) is 7.50. The molecule has 4 nitrogen and oxygen atoms in total. The average molecular weight is 358 g/mol. The Labute approximate surface area is 142 Å². The van der Waals surface area contributed by atoms with Crippen molar-refractivity contribution in [3.63, 3.8) is 0 Å². The van der Waals surface area contributed by atoms with Gasteiger partial charge in [-0.25, -0.2) is 4.21 Å². The zero-order valence-corrected chi connectivity index (χ0v) is 16.1. The average Bonchev–Trinajstić information content (AvgIpc) is 2.52. The molecular formula is C17H27O4PS. The predicted molar refractivity (Wildman–Crippen MR) is 96.1 cm³/mol. The maximum atomic E-state index is 13.1. The Morgan fingerprint density at radius 2 is 1.70 bits per heavy atom. The van der Waals surface area contributed by atoms with Crippen LogP contribution in [0.25, 0.3) is 0 Å². The standard InChI is InChI=1S/C17H27O4PS/c1-5-8-9-10-17(22(18,20-6-2)21-7-3)23(19)16-13-11-15(4)12-14-16/h10-14H,5-9H2,1-4H3/b17-10+. The molecular weight excluding hydrogens is 331 g/mol. The van der Waals surface area contributed by atoms with Crippen LogP contribution >= 0.6 is 7.60 Å². The Bertz CT molecular complexity index is 571. The van der Waals surface area contributed by atoms with E-state index in [4.69, 9.17) is 9.05 Å². The van der Waals surface area contributed by atoms with Gasteiger partial charge in [-0.3, -0.25) is 4.57 Å². The summed E-state index contributed by atoms with van der Waals surface area (Å²) in [5.74, 6) is 0. The van der Waals surface area contributed by atoms with Gasteiger partial charge in [0, 0.05) is 4.90 Å². The highest BCUT2D eigenvalue weighted by molar-refractivity contribution is 7.98. The molecule has 0 saturated carbocycles. The summed E-state index contributed by atoms with van der Waals surface area (Å²) >= 11 is 0. The van der Waals surface area contributed by atoms with Crippen LogP contribution in [0.4, 0.5) is 0 Å². The lowest BCUT2D eigenvalue weighted by Gasteiger charge is -2.20. The van der Waals surface area contributed by atoms with E-state index in [1.54, 1.807) is 32.1 Å². The Morgan fingerprint density at radius 3 is 2.17 bits per heavy atom. The second-order valence-corrected chi connectivity index (χ2v) is 8.84. The third-order valence-electron chi connectivity index (χ3n) is 3.17. The quantitative estimate of drug-likeness (QED) is 0.415. The Morgan fingerprint density at radius 1 is 1.13 bits per heavy atom. The zero-order chi connectivity index (χ0) is 17.3. The molecule has 6 heteroatoms. The lowest BCUT2D eigenvalue weighted by atomic mass is 10.2. The van der Waals surface area contributed by atoms with Gasteiger partial charge in [0.25, 0.3) is 0 Å². The molecule has 0 aliphatic carbocycles. The van der Waals surface area contributed by atoms with Crippen LogP contribution in [0.1, 0.15) is 45.6 Å². The van der Waals surface area contributed by atoms with Gasteiger partial charge in [0.05, 0.1) is 24.0 Å². The molecule has 0 radical (unpaired) electrons. The van der Waals surface area contributed by atoms with Crippen molar-refractivity contribution in [2.24, 2.45) is 0 Å². The molecule has 0 N–H and O–H groups in total. The normalized spacial score (nSPS) is 14.0. The molecule has 0 saturated heterocycles. The number of hydrogen-bond acceptors (Lipinski definition) is 4. The van der Waals surface area contributed by atoms with Crippen LogP contribution < -0.4 is 0 Å². The molecule has 1 unspecified atom stereocenters. The lowest BCUT2D eigenvalue weighted by Crippen LogP contribution is -2.04. The van der Waals surface area contributed by atoms with E-state index in [9.17, 15) is 8.77 Å². The van der Waals surface area contributed by atoms with Crippen LogP contribution in [0.2, 0.25) is 0 Å². The fourth-order valence-corrected chi connectivity index (χ4v) is 5.71. The third kappa shape index (κ3) is 6.00. The molecule has 1 aromatic rings. The second-order valence-electron chi connectivity index (χ2n) is 5.10. The summed E-state index contributed by atoms with van der Waals surface area (Å²) in [6.45, 7) is 8.04. The maximum Gasteiger partial charge on any atom is 0.370 e. The zero-order valence-electron chi connectivity index (χ0n) is 14.4. The monoisotopic (exact) mass is 358 g/mol. The van der Waals surface area contributed by atoms with E-state index in [1.165, 1.54) is 0 Å². The summed E-state index contributed by atoms with van der Waals surface area (Å²) < 4.78 is 37.1. The molecule has 0 fully saturated rings. The first-order valence-corrected chi connectivity index (χ1v) is 10.8. The van der Waals surface area contributed by atoms with Gasteiger partial charge in [-0.15, -0.1) is 0 Å². The summed E-state index contributed by atoms with van der Waals surface area (Å²) in [7, 11) is -5.10. The van der Waals surface area contributed by atoms with E-state index in [2.05, 4.69) is 6.92 Å². The van der Waals surface area contributed by atoms with Crippen molar-refractivity contribution in [1.29, 1.82) is 0 Å². The van der Waals surface area contributed by atoms with E-state index < -0.39 is 18.4 Å². The van der Waals surface area contributed by atoms with Crippen molar-refractivity contribution in [3.8, 4) is 0 Å². The van der Waals surface area contributed by atoms with Crippen LogP contribution in [-0.4, -0.2) is 17.4 Å². The topological polar surface area (TPSA) is 52.6 Å². The molecule has 0 aliphatic rings.